The standard InChI is InChI=1S/C12H22O11/c13-1-2-3(14)4(15)10(21)12(22-2)23-11-8(19)6(17)5(16)7(18)9(11)20/h2-21H,1H2/t2-,3-,4+,5?,6?,7?,8?,9?,10-,11?,12-/m1/s1. The summed E-state index contributed by atoms with van der Waals surface area (Å²) in [6, 6.07) is 0. The second kappa shape index (κ2) is 7.21. The fourth-order valence-electron chi connectivity index (χ4n) is 2.69. The maximum atomic E-state index is 9.85. The van der Waals surface area contributed by atoms with Crippen LogP contribution in [0.2, 0.25) is 0 Å². The molecule has 2 fully saturated rings. The highest BCUT2D eigenvalue weighted by atomic mass is 16.7. The van der Waals surface area contributed by atoms with Crippen LogP contribution in [0.15, 0.2) is 0 Å². The number of ether oxygens (including phenoxy) is 2. The lowest BCUT2D eigenvalue weighted by atomic mass is 9.84. The molecule has 1 aliphatic heterocycles. The largest absolute Gasteiger partial charge is 0.394 e. The van der Waals surface area contributed by atoms with Crippen molar-refractivity contribution in [3.05, 3.63) is 0 Å². The molecule has 2 rings (SSSR count). The number of aliphatic hydroxyl groups is 9. The van der Waals surface area contributed by atoms with Gasteiger partial charge in [0, 0.05) is 0 Å². The first-order valence-corrected chi connectivity index (χ1v) is 7.07. The molecule has 136 valence electrons. The molecule has 1 saturated carbocycles. The van der Waals surface area contributed by atoms with Crippen LogP contribution in [0.5, 0.6) is 0 Å². The summed E-state index contributed by atoms with van der Waals surface area (Å²) in [6.07, 6.45) is -18.9. The second-order valence-corrected chi connectivity index (χ2v) is 5.75. The maximum absolute atomic E-state index is 9.85. The molecule has 4 unspecified atom stereocenters. The van der Waals surface area contributed by atoms with Crippen molar-refractivity contribution in [2.75, 3.05) is 6.61 Å². The van der Waals surface area contributed by atoms with E-state index in [1.165, 1.54) is 0 Å². The van der Waals surface area contributed by atoms with Gasteiger partial charge in [-0.3, -0.25) is 0 Å². The highest BCUT2D eigenvalue weighted by Gasteiger charge is 2.52. The molecule has 0 amide bonds. The first kappa shape index (κ1) is 18.9. The normalized spacial score (nSPS) is 54.9. The summed E-state index contributed by atoms with van der Waals surface area (Å²) in [5.41, 5.74) is 0. The molecule has 11 nitrogen and oxygen atoms in total. The zero-order chi connectivity index (χ0) is 17.5. The first-order chi connectivity index (χ1) is 10.7. The van der Waals surface area contributed by atoms with Gasteiger partial charge in [0.15, 0.2) is 6.29 Å². The molecule has 0 aromatic carbocycles. The summed E-state index contributed by atoms with van der Waals surface area (Å²) in [5.74, 6) is 0. The van der Waals surface area contributed by atoms with Gasteiger partial charge in [0.2, 0.25) is 0 Å². The molecule has 11 heteroatoms. The predicted octanol–water partition coefficient (Wildman–Crippen LogP) is -6.01. The van der Waals surface area contributed by atoms with E-state index in [9.17, 15) is 40.9 Å². The van der Waals surface area contributed by atoms with Gasteiger partial charge in [0.1, 0.15) is 61.0 Å². The third-order valence-corrected chi connectivity index (χ3v) is 4.21. The molecule has 0 aromatic rings. The lowest BCUT2D eigenvalue weighted by molar-refractivity contribution is -0.339. The van der Waals surface area contributed by atoms with Crippen LogP contribution in [0, 0.1) is 0 Å². The molecule has 0 aromatic heterocycles. The Morgan fingerprint density at radius 2 is 1.04 bits per heavy atom. The summed E-state index contributed by atoms with van der Waals surface area (Å²) in [5, 5.41) is 86.6. The first-order valence-electron chi connectivity index (χ1n) is 7.07. The van der Waals surface area contributed by atoms with Crippen LogP contribution in [-0.2, 0) is 9.47 Å². The Kier molecular flexibility index (Phi) is 5.92. The van der Waals surface area contributed by atoms with Crippen LogP contribution in [0.1, 0.15) is 0 Å². The molecule has 0 radical (unpaired) electrons. The van der Waals surface area contributed by atoms with Gasteiger partial charge in [-0.1, -0.05) is 0 Å². The molecule has 1 saturated heterocycles. The van der Waals surface area contributed by atoms with E-state index < -0.39 is 73.9 Å². The van der Waals surface area contributed by atoms with Crippen molar-refractivity contribution in [3.8, 4) is 0 Å². The molecule has 23 heavy (non-hydrogen) atoms. The van der Waals surface area contributed by atoms with Gasteiger partial charge in [-0.15, -0.1) is 0 Å². The lowest BCUT2D eigenvalue weighted by Crippen LogP contribution is -2.67. The van der Waals surface area contributed by atoms with Crippen molar-refractivity contribution in [3.63, 3.8) is 0 Å². The fourth-order valence-corrected chi connectivity index (χ4v) is 2.69. The Balaban J connectivity index is 2.13. The van der Waals surface area contributed by atoms with Crippen molar-refractivity contribution in [1.29, 1.82) is 0 Å². The Hall–Kier alpha value is -0.440. The summed E-state index contributed by atoms with van der Waals surface area (Å²) < 4.78 is 10.2. The highest BCUT2D eigenvalue weighted by molar-refractivity contribution is 5.00. The van der Waals surface area contributed by atoms with Crippen molar-refractivity contribution in [2.45, 2.75) is 67.3 Å². The quantitative estimate of drug-likeness (QED) is 0.236. The Labute approximate surface area is 130 Å². The monoisotopic (exact) mass is 342 g/mol. The summed E-state index contributed by atoms with van der Waals surface area (Å²) >= 11 is 0. The third kappa shape index (κ3) is 3.36. The van der Waals surface area contributed by atoms with Crippen molar-refractivity contribution in [1.82, 2.24) is 0 Å². The van der Waals surface area contributed by atoms with E-state index in [4.69, 9.17) is 14.6 Å². The second-order valence-electron chi connectivity index (χ2n) is 5.75. The number of aliphatic hydroxyl groups excluding tert-OH is 9. The van der Waals surface area contributed by atoms with E-state index in [0.29, 0.717) is 0 Å². The van der Waals surface area contributed by atoms with Gasteiger partial charge in [0.25, 0.3) is 0 Å². The van der Waals surface area contributed by atoms with Crippen LogP contribution in [0.25, 0.3) is 0 Å². The van der Waals surface area contributed by atoms with Gasteiger partial charge in [0.05, 0.1) is 6.61 Å². The predicted molar refractivity (Wildman–Crippen MR) is 68.7 cm³/mol. The van der Waals surface area contributed by atoms with E-state index >= 15 is 0 Å². The molecule has 0 bridgehead atoms. The van der Waals surface area contributed by atoms with Crippen LogP contribution in [-0.4, -0.2) is 120 Å². The average molecular weight is 342 g/mol. The SMILES string of the molecule is OC[C@H]1O[C@H](OC2C(O)C(O)C(O)C(O)C2O)[C@H](O)[C@@H](O)[C@@H]1O. The Morgan fingerprint density at radius 1 is 0.609 bits per heavy atom. The average Bonchev–Trinajstić information content (AvgIpc) is 2.54. The molecule has 9 atom stereocenters. The molecular formula is C12H22O11. The smallest absolute Gasteiger partial charge is 0.187 e. The fraction of sp³-hybridized carbons (Fsp3) is 1.00. The van der Waals surface area contributed by atoms with Gasteiger partial charge in [-0.2, -0.15) is 0 Å². The topological polar surface area (TPSA) is 201 Å². The summed E-state index contributed by atoms with van der Waals surface area (Å²) in [7, 11) is 0. The maximum Gasteiger partial charge on any atom is 0.187 e. The van der Waals surface area contributed by atoms with Crippen LogP contribution in [0.3, 0.4) is 0 Å². The van der Waals surface area contributed by atoms with Gasteiger partial charge in [-0.05, 0) is 0 Å². The zero-order valence-electron chi connectivity index (χ0n) is 11.9. The van der Waals surface area contributed by atoms with Crippen LogP contribution >= 0.6 is 0 Å². The van der Waals surface area contributed by atoms with Gasteiger partial charge in [-0.25, -0.2) is 0 Å². The molecule has 1 aliphatic carbocycles. The lowest BCUT2D eigenvalue weighted by Gasteiger charge is -2.45. The minimum absolute atomic E-state index is 0.704. The minimum Gasteiger partial charge on any atom is -0.394 e. The molecule has 0 spiro atoms. The highest BCUT2D eigenvalue weighted by Crippen LogP contribution is 2.29. The van der Waals surface area contributed by atoms with Crippen LogP contribution in [0.4, 0.5) is 0 Å². The van der Waals surface area contributed by atoms with Crippen LogP contribution < -0.4 is 0 Å². The Bertz CT molecular complexity index is 377. The third-order valence-electron chi connectivity index (χ3n) is 4.21. The van der Waals surface area contributed by atoms with Gasteiger partial charge >= 0.3 is 0 Å². The van der Waals surface area contributed by atoms with Crippen molar-refractivity contribution < 1.29 is 55.4 Å². The number of hydrogen-bond donors (Lipinski definition) is 9. The van der Waals surface area contributed by atoms with E-state index in [2.05, 4.69) is 0 Å². The molecule has 2 aliphatic rings. The molecular weight excluding hydrogens is 320 g/mol. The number of rotatable bonds is 3. The molecule has 1 heterocycles. The summed E-state index contributed by atoms with van der Waals surface area (Å²) in [6.45, 7) is -0.704. The van der Waals surface area contributed by atoms with Crippen molar-refractivity contribution >= 4 is 0 Å². The molecule has 9 N–H and O–H groups in total. The van der Waals surface area contributed by atoms with E-state index in [-0.39, 0.29) is 0 Å². The van der Waals surface area contributed by atoms with Crippen molar-refractivity contribution in [2.24, 2.45) is 0 Å². The summed E-state index contributed by atoms with van der Waals surface area (Å²) in [4.78, 5) is 0. The van der Waals surface area contributed by atoms with E-state index in [0.717, 1.165) is 0 Å². The van der Waals surface area contributed by atoms with Gasteiger partial charge < -0.3 is 55.4 Å². The zero-order valence-corrected chi connectivity index (χ0v) is 11.9. The minimum atomic E-state index is -1.83. The van der Waals surface area contributed by atoms with E-state index in [1.54, 1.807) is 0 Å². The Morgan fingerprint density at radius 3 is 1.52 bits per heavy atom. The van der Waals surface area contributed by atoms with E-state index in [1.807, 2.05) is 0 Å². The number of hydrogen-bond acceptors (Lipinski definition) is 11.